The molecule has 0 amide bonds. The van der Waals surface area contributed by atoms with Gasteiger partial charge in [-0.2, -0.15) is 0 Å². The van der Waals surface area contributed by atoms with Crippen LogP contribution in [0.5, 0.6) is 0 Å². The molecule has 0 atom stereocenters. The number of nitrogens with zero attached hydrogens (tertiary/aromatic N) is 2. The molecule has 0 unspecified atom stereocenters. The van der Waals surface area contributed by atoms with E-state index in [0.29, 0.717) is 0 Å². The van der Waals surface area contributed by atoms with Crippen molar-refractivity contribution in [3.63, 3.8) is 0 Å². The Bertz CT molecular complexity index is 356. The Labute approximate surface area is 115 Å². The van der Waals surface area contributed by atoms with E-state index in [1.54, 1.807) is 11.3 Å². The summed E-state index contributed by atoms with van der Waals surface area (Å²) >= 11 is 1.79. The minimum atomic E-state index is 0.751. The SMILES string of the molecule is CCNC1CCC(N(C)Cc2scnc2C)CC1. The second kappa shape index (κ2) is 6.64. The predicted octanol–water partition coefficient (Wildman–Crippen LogP) is 2.80. The molecule has 0 radical (unpaired) electrons. The maximum atomic E-state index is 4.33. The molecule has 1 N–H and O–H groups in total. The van der Waals surface area contributed by atoms with E-state index in [9.17, 15) is 0 Å². The predicted molar refractivity (Wildman–Crippen MR) is 78.0 cm³/mol. The Balaban J connectivity index is 1.80. The van der Waals surface area contributed by atoms with Crippen LogP contribution in [-0.4, -0.2) is 35.6 Å². The van der Waals surface area contributed by atoms with Gasteiger partial charge in [-0.25, -0.2) is 4.98 Å². The van der Waals surface area contributed by atoms with E-state index in [4.69, 9.17) is 0 Å². The Morgan fingerprint density at radius 1 is 1.39 bits per heavy atom. The quantitative estimate of drug-likeness (QED) is 0.889. The third-order valence-electron chi connectivity index (χ3n) is 4.05. The molecule has 1 aliphatic rings. The third-order valence-corrected chi connectivity index (χ3v) is 4.97. The van der Waals surface area contributed by atoms with Crippen LogP contribution in [0.2, 0.25) is 0 Å². The van der Waals surface area contributed by atoms with Crippen molar-refractivity contribution < 1.29 is 0 Å². The number of nitrogens with one attached hydrogen (secondary N) is 1. The first-order valence-corrected chi connectivity index (χ1v) is 7.91. The molecular weight excluding hydrogens is 242 g/mol. The maximum absolute atomic E-state index is 4.33. The lowest BCUT2D eigenvalue weighted by Crippen LogP contribution is -2.40. The first-order valence-electron chi connectivity index (χ1n) is 7.03. The highest BCUT2D eigenvalue weighted by Crippen LogP contribution is 2.24. The molecule has 1 heterocycles. The zero-order valence-corrected chi connectivity index (χ0v) is 12.6. The van der Waals surface area contributed by atoms with Crippen LogP contribution in [-0.2, 0) is 6.54 Å². The molecule has 0 saturated heterocycles. The highest BCUT2D eigenvalue weighted by molar-refractivity contribution is 7.09. The third kappa shape index (κ3) is 3.53. The standard InChI is InChI=1S/C14H25N3S/c1-4-15-12-5-7-13(8-6-12)17(3)9-14-11(2)16-10-18-14/h10,12-13,15H,4-9H2,1-3H3. The second-order valence-electron chi connectivity index (χ2n) is 5.34. The number of aryl methyl sites for hydroxylation is 1. The molecule has 4 heteroatoms. The molecule has 1 aromatic heterocycles. The summed E-state index contributed by atoms with van der Waals surface area (Å²) < 4.78 is 0. The zero-order valence-electron chi connectivity index (χ0n) is 11.8. The Kier molecular flexibility index (Phi) is 5.15. The molecule has 1 saturated carbocycles. The maximum Gasteiger partial charge on any atom is 0.0798 e. The molecule has 1 aliphatic carbocycles. The minimum absolute atomic E-state index is 0.751. The van der Waals surface area contributed by atoms with E-state index in [-0.39, 0.29) is 0 Å². The van der Waals surface area contributed by atoms with Crippen LogP contribution in [0.1, 0.15) is 43.2 Å². The van der Waals surface area contributed by atoms with E-state index in [1.807, 2.05) is 5.51 Å². The molecule has 3 nitrogen and oxygen atoms in total. The smallest absolute Gasteiger partial charge is 0.0798 e. The summed E-state index contributed by atoms with van der Waals surface area (Å²) in [6.45, 7) is 6.48. The molecular formula is C14H25N3S. The van der Waals surface area contributed by atoms with Gasteiger partial charge in [0, 0.05) is 23.5 Å². The van der Waals surface area contributed by atoms with Crippen LogP contribution in [0, 0.1) is 6.92 Å². The topological polar surface area (TPSA) is 28.2 Å². The van der Waals surface area contributed by atoms with Crippen molar-refractivity contribution in [3.8, 4) is 0 Å². The molecule has 1 fully saturated rings. The summed E-state index contributed by atoms with van der Waals surface area (Å²) in [6, 6.07) is 1.51. The fourth-order valence-electron chi connectivity index (χ4n) is 2.84. The number of aromatic nitrogens is 1. The second-order valence-corrected chi connectivity index (χ2v) is 6.28. The van der Waals surface area contributed by atoms with Gasteiger partial charge in [-0.15, -0.1) is 11.3 Å². The molecule has 1 aromatic rings. The fourth-order valence-corrected chi connectivity index (χ4v) is 3.68. The van der Waals surface area contributed by atoms with Crippen molar-refractivity contribution in [3.05, 3.63) is 16.1 Å². The minimum Gasteiger partial charge on any atom is -0.314 e. The summed E-state index contributed by atoms with van der Waals surface area (Å²) in [4.78, 5) is 8.27. The molecule has 0 aromatic carbocycles. The van der Waals surface area contributed by atoms with Gasteiger partial charge in [0.25, 0.3) is 0 Å². The van der Waals surface area contributed by atoms with Gasteiger partial charge in [0.1, 0.15) is 0 Å². The van der Waals surface area contributed by atoms with Crippen LogP contribution in [0.4, 0.5) is 0 Å². The number of hydrogen-bond acceptors (Lipinski definition) is 4. The van der Waals surface area contributed by atoms with Crippen LogP contribution in [0.3, 0.4) is 0 Å². The summed E-state index contributed by atoms with van der Waals surface area (Å²) in [7, 11) is 2.26. The fraction of sp³-hybridized carbons (Fsp3) is 0.786. The molecule has 102 valence electrons. The molecule has 2 rings (SSSR count). The van der Waals surface area contributed by atoms with Crippen LogP contribution in [0.25, 0.3) is 0 Å². The largest absolute Gasteiger partial charge is 0.314 e. The average Bonchev–Trinajstić information content (AvgIpc) is 2.76. The average molecular weight is 267 g/mol. The van der Waals surface area contributed by atoms with E-state index < -0.39 is 0 Å². The first kappa shape index (κ1) is 14.0. The number of thiazole rings is 1. The van der Waals surface area contributed by atoms with Crippen molar-refractivity contribution in [2.75, 3.05) is 13.6 Å². The van der Waals surface area contributed by atoms with Crippen molar-refractivity contribution in [1.82, 2.24) is 15.2 Å². The van der Waals surface area contributed by atoms with Gasteiger partial charge in [-0.05, 0) is 46.2 Å². The zero-order chi connectivity index (χ0) is 13.0. The lowest BCUT2D eigenvalue weighted by Gasteiger charge is -2.34. The highest BCUT2D eigenvalue weighted by Gasteiger charge is 2.23. The summed E-state index contributed by atoms with van der Waals surface area (Å²) in [6.07, 6.45) is 5.30. The van der Waals surface area contributed by atoms with Gasteiger partial charge in [0.05, 0.1) is 11.2 Å². The summed E-state index contributed by atoms with van der Waals surface area (Å²) in [5, 5.41) is 3.57. The molecule has 0 bridgehead atoms. The number of hydrogen-bond donors (Lipinski definition) is 1. The molecule has 0 spiro atoms. The highest BCUT2D eigenvalue weighted by atomic mass is 32.1. The van der Waals surface area contributed by atoms with Gasteiger partial charge in [0.15, 0.2) is 0 Å². The van der Waals surface area contributed by atoms with Gasteiger partial charge in [-0.1, -0.05) is 6.92 Å². The van der Waals surface area contributed by atoms with Gasteiger partial charge in [-0.3, -0.25) is 4.90 Å². The summed E-state index contributed by atoms with van der Waals surface area (Å²) in [5.74, 6) is 0. The molecule has 18 heavy (non-hydrogen) atoms. The Morgan fingerprint density at radius 3 is 2.67 bits per heavy atom. The normalized spacial score (nSPS) is 24.7. The van der Waals surface area contributed by atoms with Gasteiger partial charge in [0.2, 0.25) is 0 Å². The van der Waals surface area contributed by atoms with Crippen LogP contribution >= 0.6 is 11.3 Å². The van der Waals surface area contributed by atoms with Crippen molar-refractivity contribution in [2.45, 2.75) is 58.2 Å². The lowest BCUT2D eigenvalue weighted by atomic mass is 9.90. The van der Waals surface area contributed by atoms with Crippen LogP contribution < -0.4 is 5.32 Å². The van der Waals surface area contributed by atoms with Gasteiger partial charge < -0.3 is 5.32 Å². The van der Waals surface area contributed by atoms with Crippen molar-refractivity contribution in [1.29, 1.82) is 0 Å². The number of rotatable bonds is 5. The monoisotopic (exact) mass is 267 g/mol. The summed E-state index contributed by atoms with van der Waals surface area (Å²) in [5.41, 5.74) is 3.16. The Hall–Kier alpha value is -0.450. The Morgan fingerprint density at radius 2 is 2.11 bits per heavy atom. The van der Waals surface area contributed by atoms with E-state index in [2.05, 4.69) is 36.1 Å². The van der Waals surface area contributed by atoms with E-state index >= 15 is 0 Å². The lowest BCUT2D eigenvalue weighted by molar-refractivity contribution is 0.169. The van der Waals surface area contributed by atoms with E-state index in [1.165, 1.54) is 36.3 Å². The van der Waals surface area contributed by atoms with Gasteiger partial charge >= 0.3 is 0 Å². The van der Waals surface area contributed by atoms with E-state index in [0.717, 1.165) is 25.2 Å². The first-order chi connectivity index (χ1) is 8.70. The molecule has 0 aliphatic heterocycles. The van der Waals surface area contributed by atoms with Crippen molar-refractivity contribution in [2.24, 2.45) is 0 Å². The van der Waals surface area contributed by atoms with Crippen LogP contribution in [0.15, 0.2) is 5.51 Å². The van der Waals surface area contributed by atoms with Crippen molar-refractivity contribution >= 4 is 11.3 Å².